The molecular weight excluding hydrogens is 442 g/mol. The number of esters is 1. The zero-order chi connectivity index (χ0) is 24.8. The molecule has 186 valence electrons. The first-order chi connectivity index (χ1) is 17.0. The van der Waals surface area contributed by atoms with Gasteiger partial charge in [0.05, 0.1) is 5.56 Å². The SMILES string of the molecule is C=CCCc1c(F)cc(OC(=O)c2ccc(C3CCC4CC(CCC=C)CCC4C3)cc2)cc1F. The molecule has 0 spiro atoms. The van der Waals surface area contributed by atoms with E-state index in [9.17, 15) is 13.6 Å². The molecule has 0 radical (unpaired) electrons. The fourth-order valence-corrected chi connectivity index (χ4v) is 6.09. The van der Waals surface area contributed by atoms with Crippen LogP contribution in [0.15, 0.2) is 61.7 Å². The van der Waals surface area contributed by atoms with Crippen LogP contribution in [0, 0.1) is 29.4 Å². The Bertz CT molecular complexity index is 1020. The van der Waals surface area contributed by atoms with Crippen LogP contribution < -0.4 is 4.74 Å². The summed E-state index contributed by atoms with van der Waals surface area (Å²) in [6, 6.07) is 9.69. The molecule has 4 rings (SSSR count). The normalized spacial score (nSPS) is 23.8. The highest BCUT2D eigenvalue weighted by Gasteiger charge is 2.35. The number of halogens is 2. The molecule has 2 aliphatic carbocycles. The van der Waals surface area contributed by atoms with Gasteiger partial charge in [0.1, 0.15) is 17.4 Å². The van der Waals surface area contributed by atoms with Crippen LogP contribution in [0.2, 0.25) is 0 Å². The zero-order valence-electron chi connectivity index (χ0n) is 20.5. The molecule has 0 aliphatic heterocycles. The number of benzene rings is 2. The maximum atomic E-state index is 14.3. The third-order valence-electron chi connectivity index (χ3n) is 8.04. The van der Waals surface area contributed by atoms with Gasteiger partial charge in [-0.05, 0) is 99.2 Å². The van der Waals surface area contributed by atoms with Gasteiger partial charge in [-0.25, -0.2) is 13.6 Å². The van der Waals surface area contributed by atoms with Gasteiger partial charge >= 0.3 is 5.97 Å². The van der Waals surface area contributed by atoms with Crippen molar-refractivity contribution in [2.24, 2.45) is 17.8 Å². The van der Waals surface area contributed by atoms with Gasteiger partial charge < -0.3 is 4.74 Å². The Balaban J connectivity index is 1.34. The lowest BCUT2D eigenvalue weighted by atomic mass is 9.63. The first kappa shape index (κ1) is 25.3. The molecule has 0 aromatic heterocycles. The van der Waals surface area contributed by atoms with Crippen LogP contribution in [0.1, 0.15) is 85.2 Å². The van der Waals surface area contributed by atoms with E-state index in [1.165, 1.54) is 50.5 Å². The maximum absolute atomic E-state index is 14.3. The quantitative estimate of drug-likeness (QED) is 0.205. The molecule has 2 saturated carbocycles. The van der Waals surface area contributed by atoms with Gasteiger partial charge in [0, 0.05) is 17.7 Å². The Morgan fingerprint density at radius 3 is 2.26 bits per heavy atom. The van der Waals surface area contributed by atoms with Crippen molar-refractivity contribution in [3.8, 4) is 5.75 Å². The molecule has 4 atom stereocenters. The maximum Gasteiger partial charge on any atom is 0.343 e. The minimum Gasteiger partial charge on any atom is -0.423 e. The van der Waals surface area contributed by atoms with Crippen LogP contribution in [-0.2, 0) is 6.42 Å². The highest BCUT2D eigenvalue weighted by atomic mass is 19.1. The number of rotatable bonds is 9. The van der Waals surface area contributed by atoms with Gasteiger partial charge in [0.15, 0.2) is 0 Å². The minimum absolute atomic E-state index is 0.0194. The molecule has 0 heterocycles. The van der Waals surface area contributed by atoms with Gasteiger partial charge in [-0.3, -0.25) is 0 Å². The summed E-state index contributed by atoms with van der Waals surface area (Å²) in [5.74, 6) is 0.879. The monoisotopic (exact) mass is 478 g/mol. The van der Waals surface area contributed by atoms with Crippen molar-refractivity contribution in [2.45, 2.75) is 70.1 Å². The molecule has 2 nitrogen and oxygen atoms in total. The molecule has 2 aromatic rings. The van der Waals surface area contributed by atoms with E-state index in [4.69, 9.17) is 4.74 Å². The zero-order valence-corrected chi connectivity index (χ0v) is 20.5. The number of carbonyl (C=O) groups excluding carboxylic acids is 1. The average Bonchev–Trinajstić information content (AvgIpc) is 2.86. The van der Waals surface area contributed by atoms with Crippen molar-refractivity contribution in [1.82, 2.24) is 0 Å². The van der Waals surface area contributed by atoms with Crippen LogP contribution in [0.3, 0.4) is 0 Å². The van der Waals surface area contributed by atoms with E-state index >= 15 is 0 Å². The van der Waals surface area contributed by atoms with Crippen molar-refractivity contribution in [2.75, 3.05) is 0 Å². The van der Waals surface area contributed by atoms with Gasteiger partial charge in [-0.2, -0.15) is 0 Å². The molecule has 4 unspecified atom stereocenters. The Morgan fingerprint density at radius 2 is 1.57 bits per heavy atom. The van der Waals surface area contributed by atoms with Crippen LogP contribution in [0.4, 0.5) is 8.78 Å². The third kappa shape index (κ3) is 6.28. The topological polar surface area (TPSA) is 26.3 Å². The van der Waals surface area contributed by atoms with E-state index in [2.05, 4.69) is 13.2 Å². The number of hydrogen-bond acceptors (Lipinski definition) is 2. The molecule has 0 N–H and O–H groups in total. The molecule has 2 aromatic carbocycles. The first-order valence-corrected chi connectivity index (χ1v) is 13.0. The number of carbonyl (C=O) groups is 1. The third-order valence-corrected chi connectivity index (χ3v) is 8.04. The summed E-state index contributed by atoms with van der Waals surface area (Å²) in [5, 5.41) is 0. The molecule has 0 saturated heterocycles. The van der Waals surface area contributed by atoms with Crippen LogP contribution >= 0.6 is 0 Å². The number of allylic oxidation sites excluding steroid dienone is 2. The largest absolute Gasteiger partial charge is 0.423 e. The Hall–Kier alpha value is -2.75. The highest BCUT2D eigenvalue weighted by molar-refractivity contribution is 5.91. The van der Waals surface area contributed by atoms with Crippen molar-refractivity contribution < 1.29 is 18.3 Å². The second kappa shape index (κ2) is 11.8. The van der Waals surface area contributed by atoms with Crippen molar-refractivity contribution >= 4 is 5.97 Å². The second-order valence-electron chi connectivity index (χ2n) is 10.3. The molecular formula is C31H36F2O2. The minimum atomic E-state index is -0.713. The lowest BCUT2D eigenvalue weighted by Gasteiger charge is -2.42. The van der Waals surface area contributed by atoms with Gasteiger partial charge in [0.2, 0.25) is 0 Å². The number of ether oxygens (including phenoxy) is 1. The summed E-state index contributed by atoms with van der Waals surface area (Å²) in [7, 11) is 0. The van der Waals surface area contributed by atoms with E-state index in [0.717, 1.165) is 36.3 Å². The van der Waals surface area contributed by atoms with Crippen molar-refractivity contribution in [1.29, 1.82) is 0 Å². The summed E-state index contributed by atoms with van der Waals surface area (Å²) in [4.78, 5) is 12.6. The Kier molecular flexibility index (Phi) is 8.54. The highest BCUT2D eigenvalue weighted by Crippen LogP contribution is 2.48. The van der Waals surface area contributed by atoms with Crippen LogP contribution in [0.25, 0.3) is 0 Å². The van der Waals surface area contributed by atoms with Gasteiger partial charge in [-0.1, -0.05) is 30.7 Å². The predicted octanol–water partition coefficient (Wildman–Crippen LogP) is 8.57. The summed E-state index contributed by atoms with van der Waals surface area (Å²) >= 11 is 0. The van der Waals surface area contributed by atoms with Crippen molar-refractivity contribution in [3.63, 3.8) is 0 Å². The molecule has 35 heavy (non-hydrogen) atoms. The molecule has 4 heteroatoms. The predicted molar refractivity (Wildman–Crippen MR) is 137 cm³/mol. The number of fused-ring (bicyclic) bond motifs is 1. The van der Waals surface area contributed by atoms with Gasteiger partial charge in [0.25, 0.3) is 0 Å². The summed E-state index contributed by atoms with van der Waals surface area (Å²) < 4.78 is 33.8. The Labute approximate surface area is 208 Å². The summed E-state index contributed by atoms with van der Waals surface area (Å²) in [5.41, 5.74) is 1.62. The van der Waals surface area contributed by atoms with Crippen LogP contribution in [-0.4, -0.2) is 5.97 Å². The molecule has 2 aliphatic rings. The van der Waals surface area contributed by atoms with E-state index in [-0.39, 0.29) is 17.7 Å². The van der Waals surface area contributed by atoms with Crippen LogP contribution in [0.5, 0.6) is 5.75 Å². The van der Waals surface area contributed by atoms with Crippen molar-refractivity contribution in [3.05, 3.63) is 90.0 Å². The number of hydrogen-bond donors (Lipinski definition) is 0. The lowest BCUT2D eigenvalue weighted by molar-refractivity contribution is 0.0733. The summed E-state index contributed by atoms with van der Waals surface area (Å²) in [6.45, 7) is 7.44. The summed E-state index contributed by atoms with van der Waals surface area (Å²) in [6.07, 6.45) is 14.5. The molecule has 0 bridgehead atoms. The molecule has 2 fully saturated rings. The smallest absolute Gasteiger partial charge is 0.343 e. The second-order valence-corrected chi connectivity index (χ2v) is 10.3. The lowest BCUT2D eigenvalue weighted by Crippen LogP contribution is -2.30. The fraction of sp³-hybridized carbons (Fsp3) is 0.452. The first-order valence-electron chi connectivity index (χ1n) is 13.0. The fourth-order valence-electron chi connectivity index (χ4n) is 6.09. The van der Waals surface area contributed by atoms with E-state index in [0.29, 0.717) is 17.9 Å². The van der Waals surface area contributed by atoms with E-state index in [1.807, 2.05) is 18.2 Å². The molecule has 0 amide bonds. The van der Waals surface area contributed by atoms with Gasteiger partial charge in [-0.15, -0.1) is 13.2 Å². The average molecular weight is 479 g/mol. The van der Waals surface area contributed by atoms with E-state index in [1.54, 1.807) is 18.2 Å². The standard InChI is InChI=1S/C31H36F2O2/c1-3-5-7-21-9-10-26-18-25(16-15-24(26)17-21)22-11-13-23(14-12-22)31(34)35-27-19-29(32)28(8-6-4-2)30(33)20-27/h3-4,11-14,19-21,24-26H,1-2,5-10,15-18H2. The Morgan fingerprint density at radius 1 is 0.914 bits per heavy atom. The van der Waals surface area contributed by atoms with E-state index < -0.39 is 17.6 Å².